The molecular formula is C21H21FO3. The Morgan fingerprint density at radius 1 is 0.960 bits per heavy atom. The molecule has 0 spiro atoms. The lowest BCUT2D eigenvalue weighted by Gasteiger charge is -2.40. The molecule has 1 aromatic rings. The topological polar surface area (TPSA) is 43.4 Å². The van der Waals surface area contributed by atoms with Crippen LogP contribution in [0.4, 0.5) is 4.39 Å². The van der Waals surface area contributed by atoms with E-state index in [9.17, 15) is 14.0 Å². The average molecular weight is 340 g/mol. The molecule has 0 radical (unpaired) electrons. The van der Waals surface area contributed by atoms with Crippen molar-refractivity contribution in [2.24, 2.45) is 5.41 Å². The SMILES string of the molecule is CC1(C)CC(=O)C2=C(C1)OC1=C(C(=O)CCC1)C2c1ccc(F)cc1. The van der Waals surface area contributed by atoms with Crippen molar-refractivity contribution in [2.45, 2.75) is 51.9 Å². The molecule has 1 unspecified atom stereocenters. The van der Waals surface area contributed by atoms with Gasteiger partial charge in [0.1, 0.15) is 17.3 Å². The lowest BCUT2D eigenvalue weighted by Crippen LogP contribution is -2.34. The van der Waals surface area contributed by atoms with E-state index in [-0.39, 0.29) is 22.8 Å². The zero-order chi connectivity index (χ0) is 17.8. The van der Waals surface area contributed by atoms with Crippen LogP contribution in [0.5, 0.6) is 0 Å². The number of allylic oxidation sites excluding steroid dienone is 4. The summed E-state index contributed by atoms with van der Waals surface area (Å²) < 4.78 is 19.5. The number of Topliss-reactive ketones (excluding diaryl/α,β-unsaturated/α-hetero) is 2. The molecule has 0 aromatic heterocycles. The van der Waals surface area contributed by atoms with Gasteiger partial charge in [0, 0.05) is 42.7 Å². The Hall–Kier alpha value is -2.23. The van der Waals surface area contributed by atoms with E-state index in [1.54, 1.807) is 12.1 Å². The number of hydrogen-bond donors (Lipinski definition) is 0. The van der Waals surface area contributed by atoms with Gasteiger partial charge in [-0.3, -0.25) is 9.59 Å². The molecule has 0 amide bonds. The van der Waals surface area contributed by atoms with Gasteiger partial charge in [-0.15, -0.1) is 0 Å². The molecule has 0 bridgehead atoms. The van der Waals surface area contributed by atoms with E-state index in [1.807, 2.05) is 0 Å². The zero-order valence-corrected chi connectivity index (χ0v) is 14.5. The first-order chi connectivity index (χ1) is 11.9. The molecule has 1 aliphatic heterocycles. The number of rotatable bonds is 1. The van der Waals surface area contributed by atoms with E-state index in [0.717, 1.165) is 12.0 Å². The molecule has 0 saturated heterocycles. The number of carbonyl (C=O) groups excluding carboxylic acids is 2. The molecule has 25 heavy (non-hydrogen) atoms. The molecule has 1 aromatic carbocycles. The van der Waals surface area contributed by atoms with Crippen LogP contribution < -0.4 is 0 Å². The molecule has 4 rings (SSSR count). The van der Waals surface area contributed by atoms with Crippen LogP contribution in [-0.2, 0) is 14.3 Å². The maximum Gasteiger partial charge on any atom is 0.163 e. The minimum absolute atomic E-state index is 0.0329. The van der Waals surface area contributed by atoms with Gasteiger partial charge < -0.3 is 4.74 Å². The van der Waals surface area contributed by atoms with Crippen LogP contribution in [0.15, 0.2) is 46.9 Å². The summed E-state index contributed by atoms with van der Waals surface area (Å²) in [5.74, 6) is 0.727. The molecule has 1 atom stereocenters. The van der Waals surface area contributed by atoms with Crippen LogP contribution in [0, 0.1) is 11.2 Å². The van der Waals surface area contributed by atoms with E-state index in [4.69, 9.17) is 4.74 Å². The Labute approximate surface area is 146 Å². The van der Waals surface area contributed by atoms with Gasteiger partial charge in [-0.2, -0.15) is 0 Å². The Bertz CT molecular complexity index is 827. The first kappa shape index (κ1) is 16.2. The monoisotopic (exact) mass is 340 g/mol. The minimum Gasteiger partial charge on any atom is -0.465 e. The third-order valence-corrected chi connectivity index (χ3v) is 5.31. The number of ether oxygens (including phenoxy) is 1. The lowest BCUT2D eigenvalue weighted by atomic mass is 9.68. The average Bonchev–Trinajstić information content (AvgIpc) is 2.53. The summed E-state index contributed by atoms with van der Waals surface area (Å²) in [6, 6.07) is 6.12. The molecule has 1 heterocycles. The molecule has 130 valence electrons. The summed E-state index contributed by atoms with van der Waals surface area (Å²) in [4.78, 5) is 25.6. The summed E-state index contributed by atoms with van der Waals surface area (Å²) in [6.45, 7) is 4.11. The predicted molar refractivity (Wildman–Crippen MR) is 91.2 cm³/mol. The highest BCUT2D eigenvalue weighted by molar-refractivity contribution is 6.06. The molecule has 2 aliphatic carbocycles. The van der Waals surface area contributed by atoms with Crippen LogP contribution in [0.25, 0.3) is 0 Å². The van der Waals surface area contributed by atoms with Gasteiger partial charge in [0.2, 0.25) is 0 Å². The van der Waals surface area contributed by atoms with Crippen LogP contribution in [0.3, 0.4) is 0 Å². The largest absolute Gasteiger partial charge is 0.465 e. The summed E-state index contributed by atoms with van der Waals surface area (Å²) in [5, 5.41) is 0. The van der Waals surface area contributed by atoms with Crippen LogP contribution in [-0.4, -0.2) is 11.6 Å². The normalized spacial score (nSPS) is 25.5. The highest BCUT2D eigenvalue weighted by Crippen LogP contribution is 2.50. The highest BCUT2D eigenvalue weighted by Gasteiger charge is 2.45. The van der Waals surface area contributed by atoms with Gasteiger partial charge in [-0.25, -0.2) is 4.39 Å². The molecular weight excluding hydrogens is 319 g/mol. The third-order valence-electron chi connectivity index (χ3n) is 5.31. The van der Waals surface area contributed by atoms with Crippen molar-refractivity contribution in [3.63, 3.8) is 0 Å². The molecule has 0 N–H and O–H groups in total. The van der Waals surface area contributed by atoms with E-state index in [1.165, 1.54) is 12.1 Å². The van der Waals surface area contributed by atoms with Crippen LogP contribution in [0.1, 0.15) is 57.4 Å². The minimum atomic E-state index is -0.421. The number of halogens is 1. The second kappa shape index (κ2) is 5.65. The Kier molecular flexibility index (Phi) is 3.67. The molecule has 4 heteroatoms. The van der Waals surface area contributed by atoms with Gasteiger partial charge in [0.15, 0.2) is 11.6 Å². The van der Waals surface area contributed by atoms with Crippen molar-refractivity contribution in [1.82, 2.24) is 0 Å². The van der Waals surface area contributed by atoms with Crippen LogP contribution >= 0.6 is 0 Å². The first-order valence-electron chi connectivity index (χ1n) is 8.81. The molecule has 0 fully saturated rings. The van der Waals surface area contributed by atoms with Crippen molar-refractivity contribution in [3.8, 4) is 0 Å². The number of carbonyl (C=O) groups is 2. The quantitative estimate of drug-likeness (QED) is 0.751. The van der Waals surface area contributed by atoms with Crippen molar-refractivity contribution < 1.29 is 18.7 Å². The van der Waals surface area contributed by atoms with E-state index >= 15 is 0 Å². The molecule has 3 nitrogen and oxygen atoms in total. The molecule has 0 saturated carbocycles. The van der Waals surface area contributed by atoms with Crippen LogP contribution in [0.2, 0.25) is 0 Å². The maximum absolute atomic E-state index is 13.4. The predicted octanol–water partition coefficient (Wildman–Crippen LogP) is 4.59. The summed E-state index contributed by atoms with van der Waals surface area (Å²) in [5.41, 5.74) is 1.83. The standard InChI is InChI=1S/C21H21FO3/c1-21(2)10-15(24)20-17(11-21)25-16-5-3-4-14(23)19(16)18(20)12-6-8-13(22)9-7-12/h6-9,18H,3-5,10-11H2,1-2H3. The first-order valence-corrected chi connectivity index (χ1v) is 8.81. The van der Waals surface area contributed by atoms with Gasteiger partial charge in [0.25, 0.3) is 0 Å². The number of hydrogen-bond acceptors (Lipinski definition) is 3. The maximum atomic E-state index is 13.4. The van der Waals surface area contributed by atoms with Crippen molar-refractivity contribution >= 4 is 11.6 Å². The van der Waals surface area contributed by atoms with Crippen molar-refractivity contribution in [1.29, 1.82) is 0 Å². The summed E-state index contributed by atoms with van der Waals surface area (Å²) in [6.07, 6.45) is 3.07. The fourth-order valence-electron chi connectivity index (χ4n) is 4.23. The fourth-order valence-corrected chi connectivity index (χ4v) is 4.23. The number of ketones is 2. The second-order valence-electron chi connectivity index (χ2n) is 7.98. The van der Waals surface area contributed by atoms with Gasteiger partial charge in [0.05, 0.1) is 0 Å². The van der Waals surface area contributed by atoms with E-state index < -0.39 is 5.92 Å². The summed E-state index contributed by atoms with van der Waals surface area (Å²) in [7, 11) is 0. The Morgan fingerprint density at radius 3 is 2.36 bits per heavy atom. The van der Waals surface area contributed by atoms with Crippen molar-refractivity contribution in [2.75, 3.05) is 0 Å². The number of benzene rings is 1. The second-order valence-corrected chi connectivity index (χ2v) is 7.98. The highest BCUT2D eigenvalue weighted by atomic mass is 19.1. The summed E-state index contributed by atoms with van der Waals surface area (Å²) >= 11 is 0. The van der Waals surface area contributed by atoms with E-state index in [0.29, 0.717) is 48.3 Å². The zero-order valence-electron chi connectivity index (χ0n) is 14.5. The van der Waals surface area contributed by atoms with Gasteiger partial charge in [-0.1, -0.05) is 26.0 Å². The third kappa shape index (κ3) is 2.74. The van der Waals surface area contributed by atoms with Gasteiger partial charge >= 0.3 is 0 Å². The Morgan fingerprint density at radius 2 is 1.64 bits per heavy atom. The molecule has 3 aliphatic rings. The Balaban J connectivity index is 1.90. The van der Waals surface area contributed by atoms with Crippen molar-refractivity contribution in [3.05, 3.63) is 58.3 Å². The van der Waals surface area contributed by atoms with Gasteiger partial charge in [-0.05, 0) is 29.5 Å². The van der Waals surface area contributed by atoms with E-state index in [2.05, 4.69) is 13.8 Å². The fraction of sp³-hybridized carbons (Fsp3) is 0.429. The lowest BCUT2D eigenvalue weighted by molar-refractivity contribution is -0.119. The smallest absolute Gasteiger partial charge is 0.163 e.